The largest absolute Gasteiger partial charge is 0.477 e. The molecular weight excluding hydrogens is 398 g/mol. The lowest BCUT2D eigenvalue weighted by molar-refractivity contribution is -0.689. The molecule has 2 atom stereocenters. The Kier molecular flexibility index (Phi) is 5.19. The van der Waals surface area contributed by atoms with Crippen molar-refractivity contribution in [1.82, 2.24) is 10.2 Å². The lowest BCUT2D eigenvalue weighted by Gasteiger charge is -2.49. The number of aromatic nitrogens is 1. The molecule has 0 radical (unpaired) electrons. The number of hydrogen-bond acceptors (Lipinski definition) is 5. The summed E-state index contributed by atoms with van der Waals surface area (Å²) in [5, 5.41) is 14.0. The third kappa shape index (κ3) is 3.55. The van der Waals surface area contributed by atoms with E-state index in [1.165, 1.54) is 28.0 Å². The van der Waals surface area contributed by atoms with Gasteiger partial charge in [0.1, 0.15) is 17.1 Å². The fourth-order valence-electron chi connectivity index (χ4n) is 3.36. The number of amides is 2. The molecule has 0 saturated carbocycles. The second-order valence-corrected chi connectivity index (χ2v) is 8.65. The number of aliphatic carboxylic acids is 1. The van der Waals surface area contributed by atoms with Gasteiger partial charge in [0.05, 0.1) is 6.42 Å². The molecule has 2 N–H and O–H groups in total. The number of carbonyl (C=O) groups is 3. The van der Waals surface area contributed by atoms with E-state index in [4.69, 9.17) is 0 Å². The van der Waals surface area contributed by atoms with Crippen LogP contribution in [0, 0.1) is 0 Å². The molecule has 4 heterocycles. The van der Waals surface area contributed by atoms with Crippen molar-refractivity contribution in [2.24, 2.45) is 0 Å². The number of carboxylic acid groups (broad SMARTS) is 1. The summed E-state index contributed by atoms with van der Waals surface area (Å²) in [5.41, 5.74) is 0.718. The molecule has 144 valence electrons. The van der Waals surface area contributed by atoms with E-state index < -0.39 is 12.0 Å². The van der Waals surface area contributed by atoms with E-state index in [-0.39, 0.29) is 29.3 Å². The Morgan fingerprint density at radius 2 is 2.04 bits per heavy atom. The van der Waals surface area contributed by atoms with E-state index in [1.54, 1.807) is 0 Å². The molecule has 2 unspecified atom stereocenters. The Morgan fingerprint density at radius 1 is 1.25 bits per heavy atom. The first-order valence-corrected chi connectivity index (χ1v) is 10.6. The number of pyridine rings is 1. The predicted molar refractivity (Wildman–Crippen MR) is 104 cm³/mol. The van der Waals surface area contributed by atoms with Gasteiger partial charge in [-0.25, -0.2) is 9.36 Å². The van der Waals surface area contributed by atoms with Gasteiger partial charge in [-0.2, -0.15) is 0 Å². The Hall–Kier alpha value is -2.65. The minimum atomic E-state index is -1.12. The second kappa shape index (κ2) is 7.76. The highest BCUT2D eigenvalue weighted by Gasteiger charge is 2.54. The number of carboxylic acids is 1. The van der Waals surface area contributed by atoms with Crippen LogP contribution in [0.3, 0.4) is 0 Å². The van der Waals surface area contributed by atoms with E-state index in [2.05, 4.69) is 5.32 Å². The van der Waals surface area contributed by atoms with Gasteiger partial charge in [-0.3, -0.25) is 14.5 Å². The smallest absolute Gasteiger partial charge is 0.352 e. The molecule has 2 aliphatic heterocycles. The van der Waals surface area contributed by atoms with E-state index in [0.717, 1.165) is 4.88 Å². The molecule has 0 aliphatic carbocycles. The highest BCUT2D eigenvalue weighted by Crippen LogP contribution is 2.40. The van der Waals surface area contributed by atoms with Gasteiger partial charge in [-0.15, -0.1) is 23.1 Å². The van der Waals surface area contributed by atoms with Crippen LogP contribution in [0.25, 0.3) is 0 Å². The number of rotatable bonds is 6. The zero-order chi connectivity index (χ0) is 19.7. The van der Waals surface area contributed by atoms with Gasteiger partial charge in [-0.1, -0.05) is 12.1 Å². The van der Waals surface area contributed by atoms with Crippen molar-refractivity contribution < 1.29 is 24.1 Å². The molecule has 1 fully saturated rings. The molecule has 4 rings (SSSR count). The predicted octanol–water partition coefficient (Wildman–Crippen LogP) is 1.02. The van der Waals surface area contributed by atoms with Crippen molar-refractivity contribution in [1.29, 1.82) is 0 Å². The molecule has 28 heavy (non-hydrogen) atoms. The first-order chi connectivity index (χ1) is 13.5. The molecular formula is C19H18N3O4S2+. The summed E-state index contributed by atoms with van der Waals surface area (Å²) in [6.07, 6.45) is 3.93. The molecule has 2 aromatic heterocycles. The average molecular weight is 417 g/mol. The van der Waals surface area contributed by atoms with E-state index in [1.807, 2.05) is 52.7 Å². The zero-order valence-corrected chi connectivity index (χ0v) is 16.4. The van der Waals surface area contributed by atoms with Crippen LogP contribution < -0.4 is 9.88 Å². The molecule has 2 aliphatic rings. The Bertz CT molecular complexity index is 943. The van der Waals surface area contributed by atoms with Crippen LogP contribution in [-0.2, 0) is 27.3 Å². The van der Waals surface area contributed by atoms with Crippen LogP contribution in [0.2, 0.25) is 0 Å². The maximum absolute atomic E-state index is 12.6. The SMILES string of the molecule is O=C(Cc1cccs1)NC1C(=O)N2C(C(=O)O)=C(C[n+]3ccccc3)CSC12. The number of β-lactam (4-membered cyclic amide) rings is 1. The monoisotopic (exact) mass is 416 g/mol. The molecule has 0 aromatic carbocycles. The molecule has 2 amide bonds. The first-order valence-electron chi connectivity index (χ1n) is 8.70. The summed E-state index contributed by atoms with van der Waals surface area (Å²) in [5.74, 6) is -1.22. The lowest BCUT2D eigenvalue weighted by Crippen LogP contribution is -2.70. The summed E-state index contributed by atoms with van der Waals surface area (Å²) >= 11 is 2.97. The third-order valence-corrected chi connectivity index (χ3v) is 6.85. The molecule has 9 heteroatoms. The average Bonchev–Trinajstić information content (AvgIpc) is 3.19. The van der Waals surface area contributed by atoms with Gasteiger partial charge in [0, 0.05) is 28.3 Å². The summed E-state index contributed by atoms with van der Waals surface area (Å²) in [6.45, 7) is 0.404. The quantitative estimate of drug-likeness (QED) is 0.542. The second-order valence-electron chi connectivity index (χ2n) is 6.52. The Morgan fingerprint density at radius 3 is 2.71 bits per heavy atom. The fourth-order valence-corrected chi connectivity index (χ4v) is 5.40. The molecule has 1 saturated heterocycles. The molecule has 0 spiro atoms. The number of thioether (sulfide) groups is 1. The molecule has 2 aromatic rings. The van der Waals surface area contributed by atoms with Crippen LogP contribution in [0.15, 0.2) is 59.4 Å². The Balaban J connectivity index is 1.49. The van der Waals surface area contributed by atoms with Crippen LogP contribution >= 0.6 is 23.1 Å². The number of nitrogens with one attached hydrogen (secondary N) is 1. The van der Waals surface area contributed by atoms with Crippen LogP contribution in [-0.4, -0.2) is 45.0 Å². The number of thiophene rings is 1. The summed E-state index contributed by atoms with van der Waals surface area (Å²) in [6, 6.07) is 8.68. The lowest BCUT2D eigenvalue weighted by atomic mass is 10.0. The van der Waals surface area contributed by atoms with Crippen LogP contribution in [0.5, 0.6) is 0 Å². The fraction of sp³-hybridized carbons (Fsp3) is 0.263. The Labute approximate surface area is 169 Å². The third-order valence-electron chi connectivity index (χ3n) is 4.63. The van der Waals surface area contributed by atoms with Crippen molar-refractivity contribution in [2.45, 2.75) is 24.4 Å². The number of nitrogens with zero attached hydrogens (tertiary/aromatic N) is 2. The van der Waals surface area contributed by atoms with E-state index in [0.29, 0.717) is 17.9 Å². The maximum atomic E-state index is 12.6. The van der Waals surface area contributed by atoms with E-state index in [9.17, 15) is 19.5 Å². The number of hydrogen-bond donors (Lipinski definition) is 2. The van der Waals surface area contributed by atoms with Crippen molar-refractivity contribution in [3.05, 3.63) is 64.3 Å². The van der Waals surface area contributed by atoms with Crippen LogP contribution in [0.1, 0.15) is 4.88 Å². The summed E-state index contributed by atoms with van der Waals surface area (Å²) in [4.78, 5) is 39.0. The van der Waals surface area contributed by atoms with Crippen molar-refractivity contribution in [2.75, 3.05) is 5.75 Å². The minimum Gasteiger partial charge on any atom is -0.477 e. The number of carbonyl (C=O) groups excluding carboxylic acids is 2. The van der Waals surface area contributed by atoms with Gasteiger partial charge in [0.15, 0.2) is 18.9 Å². The van der Waals surface area contributed by atoms with Crippen molar-refractivity contribution >= 4 is 40.9 Å². The van der Waals surface area contributed by atoms with Gasteiger partial charge >= 0.3 is 5.97 Å². The minimum absolute atomic E-state index is 0.0360. The highest BCUT2D eigenvalue weighted by atomic mass is 32.2. The summed E-state index contributed by atoms with van der Waals surface area (Å²) in [7, 11) is 0. The van der Waals surface area contributed by atoms with Gasteiger partial charge < -0.3 is 10.4 Å². The van der Waals surface area contributed by atoms with Crippen molar-refractivity contribution in [3.8, 4) is 0 Å². The van der Waals surface area contributed by atoms with Gasteiger partial charge in [0.2, 0.25) is 5.91 Å². The molecule has 0 bridgehead atoms. The number of fused-ring (bicyclic) bond motifs is 1. The topological polar surface area (TPSA) is 90.6 Å². The molecule has 7 nitrogen and oxygen atoms in total. The zero-order valence-electron chi connectivity index (χ0n) is 14.8. The standard InChI is InChI=1S/C19H17N3O4S2/c23-14(9-13-5-4-8-27-13)20-15-17(24)22-16(19(25)26)12(11-28-18(15)22)10-21-6-2-1-3-7-21/h1-8,15,18H,9-11H2,(H-,20,23,25,26)/p+1. The summed E-state index contributed by atoms with van der Waals surface area (Å²) < 4.78 is 1.88. The normalized spacial score (nSPS) is 21.1. The van der Waals surface area contributed by atoms with E-state index >= 15 is 0 Å². The van der Waals surface area contributed by atoms with Crippen molar-refractivity contribution in [3.63, 3.8) is 0 Å². The van der Waals surface area contributed by atoms with Gasteiger partial charge in [-0.05, 0) is 11.4 Å². The highest BCUT2D eigenvalue weighted by molar-refractivity contribution is 8.00. The maximum Gasteiger partial charge on any atom is 0.352 e. The van der Waals surface area contributed by atoms with Gasteiger partial charge in [0.25, 0.3) is 5.91 Å². The van der Waals surface area contributed by atoms with Crippen LogP contribution in [0.4, 0.5) is 0 Å². The first kappa shape index (κ1) is 18.7.